The number of carbonyl (C=O) groups excluding carboxylic acids is 1. The number of hydrogen-bond donors (Lipinski definition) is 1. The van der Waals surface area contributed by atoms with Crippen molar-refractivity contribution in [3.63, 3.8) is 0 Å². The van der Waals surface area contributed by atoms with Crippen molar-refractivity contribution in [2.45, 2.75) is 11.3 Å². The van der Waals surface area contributed by atoms with E-state index in [1.54, 1.807) is 36.4 Å². The van der Waals surface area contributed by atoms with Crippen LogP contribution in [0.5, 0.6) is 17.2 Å². The van der Waals surface area contributed by atoms with E-state index < -0.39 is 15.9 Å². The Morgan fingerprint density at radius 3 is 1.95 bits per heavy atom. The lowest BCUT2D eigenvalue weighted by molar-refractivity contribution is -0.116. The van der Waals surface area contributed by atoms with Gasteiger partial charge in [-0.15, -0.1) is 0 Å². The molecule has 1 N–H and O–H groups in total. The van der Waals surface area contributed by atoms with Crippen LogP contribution in [0.15, 0.2) is 114 Å². The average molecular weight is 517 g/mol. The number of rotatable bonds is 11. The topological polar surface area (TPSA) is 84.9 Å². The van der Waals surface area contributed by atoms with Crippen molar-refractivity contribution in [2.75, 3.05) is 25.5 Å². The molecule has 4 aromatic carbocycles. The summed E-state index contributed by atoms with van der Waals surface area (Å²) in [6, 6.07) is 32.0. The molecule has 0 saturated carbocycles. The second kappa shape index (κ2) is 12.2. The van der Waals surface area contributed by atoms with E-state index in [1.165, 1.54) is 23.5 Å². The molecule has 0 aromatic heterocycles. The molecule has 0 aliphatic carbocycles. The first-order valence-electron chi connectivity index (χ1n) is 11.7. The summed E-state index contributed by atoms with van der Waals surface area (Å²) in [6.07, 6.45) is 0.467. The van der Waals surface area contributed by atoms with Gasteiger partial charge in [0.15, 0.2) is 0 Å². The third kappa shape index (κ3) is 7.19. The maximum atomic E-state index is 13.4. The molecule has 190 valence electrons. The number of ether oxygens (including phenoxy) is 2. The molecular formula is C29H28N2O5S. The van der Waals surface area contributed by atoms with Gasteiger partial charge in [0, 0.05) is 12.2 Å². The van der Waals surface area contributed by atoms with Crippen LogP contribution in [0.2, 0.25) is 0 Å². The summed E-state index contributed by atoms with van der Waals surface area (Å²) in [5.41, 5.74) is 1.52. The normalized spacial score (nSPS) is 11.2. The number of nitrogens with one attached hydrogen (secondary N) is 1. The van der Waals surface area contributed by atoms with Crippen LogP contribution >= 0.6 is 0 Å². The van der Waals surface area contributed by atoms with Crippen LogP contribution in [-0.4, -0.2) is 38.8 Å². The second-order valence-corrected chi connectivity index (χ2v) is 10.2. The lowest BCUT2D eigenvalue weighted by atomic mass is 10.1. The number of amides is 1. The number of para-hydroxylation sites is 1. The molecule has 0 aliphatic rings. The van der Waals surface area contributed by atoms with E-state index in [4.69, 9.17) is 9.47 Å². The molecule has 0 atom stereocenters. The first-order valence-corrected chi connectivity index (χ1v) is 13.2. The van der Waals surface area contributed by atoms with Crippen molar-refractivity contribution in [3.05, 3.63) is 115 Å². The standard InChI is InChI=1S/C29H28N2O5S/c1-35-25-16-18-28(19-17-25)37(33,34)31(21-20-23-8-4-2-5-9-23)22-29(32)30-24-12-14-27(15-13-24)36-26-10-6-3-7-11-26/h2-19H,20-22H2,1H3,(H,30,32). The van der Waals surface area contributed by atoms with Gasteiger partial charge in [0.05, 0.1) is 18.6 Å². The van der Waals surface area contributed by atoms with Crippen LogP contribution in [0, 0.1) is 0 Å². The van der Waals surface area contributed by atoms with Gasteiger partial charge in [0.1, 0.15) is 17.2 Å². The molecule has 0 unspecified atom stereocenters. The Morgan fingerprint density at radius 1 is 0.757 bits per heavy atom. The van der Waals surface area contributed by atoms with Gasteiger partial charge >= 0.3 is 0 Å². The molecular weight excluding hydrogens is 488 g/mol. The van der Waals surface area contributed by atoms with E-state index >= 15 is 0 Å². The van der Waals surface area contributed by atoms with Gasteiger partial charge in [-0.2, -0.15) is 4.31 Å². The van der Waals surface area contributed by atoms with E-state index in [0.717, 1.165) is 5.56 Å². The highest BCUT2D eigenvalue weighted by Crippen LogP contribution is 2.23. The fourth-order valence-electron chi connectivity index (χ4n) is 3.67. The Balaban J connectivity index is 1.46. The molecule has 0 radical (unpaired) electrons. The van der Waals surface area contributed by atoms with Crippen LogP contribution in [0.25, 0.3) is 0 Å². The Labute approximate surface area is 217 Å². The van der Waals surface area contributed by atoms with Gasteiger partial charge in [-0.1, -0.05) is 48.5 Å². The number of sulfonamides is 1. The Hall–Kier alpha value is -4.14. The Bertz CT molecular complexity index is 1390. The first kappa shape index (κ1) is 25.9. The lowest BCUT2D eigenvalue weighted by Gasteiger charge is -2.22. The van der Waals surface area contributed by atoms with Crippen LogP contribution in [0.4, 0.5) is 5.69 Å². The summed E-state index contributed by atoms with van der Waals surface area (Å²) in [5, 5.41) is 2.78. The zero-order chi connectivity index (χ0) is 26.1. The predicted octanol–water partition coefficient (Wildman–Crippen LogP) is 5.36. The van der Waals surface area contributed by atoms with E-state index in [0.29, 0.717) is 29.4 Å². The molecule has 0 aliphatic heterocycles. The fourth-order valence-corrected chi connectivity index (χ4v) is 5.07. The molecule has 8 heteroatoms. The van der Waals surface area contributed by atoms with Crippen molar-refractivity contribution in [1.82, 2.24) is 4.31 Å². The van der Waals surface area contributed by atoms with E-state index in [9.17, 15) is 13.2 Å². The third-order valence-corrected chi connectivity index (χ3v) is 7.49. The predicted molar refractivity (Wildman–Crippen MR) is 143 cm³/mol. The van der Waals surface area contributed by atoms with Crippen molar-refractivity contribution < 1.29 is 22.7 Å². The smallest absolute Gasteiger partial charge is 0.243 e. The largest absolute Gasteiger partial charge is 0.497 e. The molecule has 0 bridgehead atoms. The lowest BCUT2D eigenvalue weighted by Crippen LogP contribution is -2.39. The van der Waals surface area contributed by atoms with Crippen molar-refractivity contribution in [3.8, 4) is 17.2 Å². The summed E-state index contributed by atoms with van der Waals surface area (Å²) in [4.78, 5) is 13.0. The maximum Gasteiger partial charge on any atom is 0.243 e. The Morgan fingerprint density at radius 2 is 1.32 bits per heavy atom. The van der Waals surface area contributed by atoms with Crippen LogP contribution in [0.3, 0.4) is 0 Å². The molecule has 4 rings (SSSR count). The second-order valence-electron chi connectivity index (χ2n) is 8.24. The highest BCUT2D eigenvalue weighted by Gasteiger charge is 2.26. The summed E-state index contributed by atoms with van der Waals surface area (Å²) in [6.45, 7) is -0.181. The fraction of sp³-hybridized carbons (Fsp3) is 0.138. The van der Waals surface area contributed by atoms with Crippen molar-refractivity contribution >= 4 is 21.6 Å². The SMILES string of the molecule is COc1ccc(S(=O)(=O)N(CCc2ccccc2)CC(=O)Nc2ccc(Oc3ccccc3)cc2)cc1. The highest BCUT2D eigenvalue weighted by molar-refractivity contribution is 7.89. The molecule has 0 heterocycles. The van der Waals surface area contributed by atoms with Crippen LogP contribution < -0.4 is 14.8 Å². The van der Waals surface area contributed by atoms with Crippen LogP contribution in [-0.2, 0) is 21.2 Å². The van der Waals surface area contributed by atoms with Gasteiger partial charge in [-0.3, -0.25) is 4.79 Å². The minimum absolute atomic E-state index is 0.0941. The number of anilines is 1. The molecule has 37 heavy (non-hydrogen) atoms. The van der Waals surface area contributed by atoms with Crippen LogP contribution in [0.1, 0.15) is 5.56 Å². The first-order chi connectivity index (χ1) is 17.9. The summed E-state index contributed by atoms with van der Waals surface area (Å²) in [7, 11) is -2.41. The summed E-state index contributed by atoms with van der Waals surface area (Å²) < 4.78 is 39.0. The van der Waals surface area contributed by atoms with Crippen molar-refractivity contribution in [2.24, 2.45) is 0 Å². The molecule has 7 nitrogen and oxygen atoms in total. The number of nitrogens with zero attached hydrogens (tertiary/aromatic N) is 1. The van der Waals surface area contributed by atoms with Gasteiger partial charge in [-0.25, -0.2) is 8.42 Å². The number of hydrogen-bond acceptors (Lipinski definition) is 5. The van der Waals surface area contributed by atoms with E-state index in [-0.39, 0.29) is 18.0 Å². The van der Waals surface area contributed by atoms with Gasteiger partial charge < -0.3 is 14.8 Å². The number of benzene rings is 4. The number of carbonyl (C=O) groups is 1. The molecule has 4 aromatic rings. The summed E-state index contributed by atoms with van der Waals surface area (Å²) >= 11 is 0. The molecule has 0 saturated heterocycles. The van der Waals surface area contributed by atoms with Gasteiger partial charge in [-0.05, 0) is 72.6 Å². The average Bonchev–Trinajstić information content (AvgIpc) is 2.93. The summed E-state index contributed by atoms with van der Waals surface area (Å²) in [5.74, 6) is 1.43. The highest BCUT2D eigenvalue weighted by atomic mass is 32.2. The molecule has 0 spiro atoms. The van der Waals surface area contributed by atoms with Gasteiger partial charge in [0.25, 0.3) is 0 Å². The zero-order valence-electron chi connectivity index (χ0n) is 20.4. The minimum atomic E-state index is -3.93. The minimum Gasteiger partial charge on any atom is -0.497 e. The molecule has 0 fully saturated rings. The number of methoxy groups -OCH3 is 1. The van der Waals surface area contributed by atoms with Crippen molar-refractivity contribution in [1.29, 1.82) is 0 Å². The van der Waals surface area contributed by atoms with Gasteiger partial charge in [0.2, 0.25) is 15.9 Å². The Kier molecular flexibility index (Phi) is 8.56. The van der Waals surface area contributed by atoms with E-state index in [2.05, 4.69) is 5.32 Å². The quantitative estimate of drug-likeness (QED) is 0.290. The third-order valence-electron chi connectivity index (χ3n) is 5.63. The molecule has 1 amide bonds. The maximum absolute atomic E-state index is 13.4. The monoisotopic (exact) mass is 516 g/mol. The zero-order valence-corrected chi connectivity index (χ0v) is 21.2. The van der Waals surface area contributed by atoms with E-state index in [1.807, 2.05) is 60.7 Å².